The first-order valence-corrected chi connectivity index (χ1v) is 7.17. The van der Waals surface area contributed by atoms with E-state index in [0.29, 0.717) is 23.5 Å². The van der Waals surface area contributed by atoms with Crippen LogP contribution in [0, 0.1) is 5.41 Å². The fourth-order valence-electron chi connectivity index (χ4n) is 3.05. The third kappa shape index (κ3) is 2.47. The molecule has 3 heterocycles. The number of anilines is 1. The third-order valence-electron chi connectivity index (χ3n) is 4.20. The molecule has 0 saturated carbocycles. The number of carbonyl (C=O) groups is 1. The zero-order valence-corrected chi connectivity index (χ0v) is 11.8. The second-order valence-corrected chi connectivity index (χ2v) is 5.59. The van der Waals surface area contributed by atoms with Gasteiger partial charge in [-0.1, -0.05) is 0 Å². The highest BCUT2D eigenvalue weighted by molar-refractivity contribution is 5.88. The number of aromatic nitrogens is 2. The summed E-state index contributed by atoms with van der Waals surface area (Å²) >= 11 is 0. The van der Waals surface area contributed by atoms with Crippen molar-refractivity contribution in [3.8, 4) is 0 Å². The summed E-state index contributed by atoms with van der Waals surface area (Å²) in [5.41, 5.74) is 0.801. The summed E-state index contributed by atoms with van der Waals surface area (Å²) in [6.45, 7) is 6.33. The number of esters is 1. The van der Waals surface area contributed by atoms with Crippen LogP contribution in [0.3, 0.4) is 0 Å². The summed E-state index contributed by atoms with van der Waals surface area (Å²) in [4.78, 5) is 22.4. The molecule has 2 aliphatic heterocycles. The Kier molecular flexibility index (Phi) is 3.56. The van der Waals surface area contributed by atoms with E-state index >= 15 is 0 Å². The predicted octanol–water partition coefficient (Wildman–Crippen LogP) is 0.843. The van der Waals surface area contributed by atoms with E-state index in [9.17, 15) is 4.79 Å². The van der Waals surface area contributed by atoms with Crippen molar-refractivity contribution in [2.75, 3.05) is 37.7 Å². The number of nitrogens with zero attached hydrogens (tertiary/aromatic N) is 3. The van der Waals surface area contributed by atoms with Gasteiger partial charge in [-0.15, -0.1) is 0 Å². The number of carbonyl (C=O) groups excluding carboxylic acids is 1. The highest BCUT2D eigenvalue weighted by atomic mass is 16.5. The minimum absolute atomic E-state index is 0.363. The molecule has 20 heavy (non-hydrogen) atoms. The number of ether oxygens (including phenoxy) is 1. The maximum absolute atomic E-state index is 11.6. The molecular formula is C14H20N4O2. The molecule has 2 aliphatic rings. The van der Waals surface area contributed by atoms with Gasteiger partial charge in [0.25, 0.3) is 0 Å². The molecule has 1 aromatic rings. The van der Waals surface area contributed by atoms with E-state index in [4.69, 9.17) is 4.74 Å². The number of rotatable bonds is 3. The van der Waals surface area contributed by atoms with Crippen molar-refractivity contribution in [2.24, 2.45) is 5.41 Å². The Morgan fingerprint density at radius 2 is 2.25 bits per heavy atom. The van der Waals surface area contributed by atoms with E-state index in [1.807, 2.05) is 0 Å². The van der Waals surface area contributed by atoms with Crippen LogP contribution in [-0.4, -0.2) is 48.7 Å². The van der Waals surface area contributed by atoms with Crippen LogP contribution in [0.5, 0.6) is 0 Å². The first-order chi connectivity index (χ1) is 9.72. The van der Waals surface area contributed by atoms with Gasteiger partial charge in [-0.25, -0.2) is 14.8 Å². The average Bonchev–Trinajstić information content (AvgIpc) is 3.10. The summed E-state index contributed by atoms with van der Waals surface area (Å²) in [5, 5.41) is 3.44. The third-order valence-corrected chi connectivity index (χ3v) is 4.20. The first kappa shape index (κ1) is 13.3. The van der Waals surface area contributed by atoms with Crippen LogP contribution in [0.2, 0.25) is 0 Å². The fraction of sp³-hybridized carbons (Fsp3) is 0.643. The van der Waals surface area contributed by atoms with Gasteiger partial charge in [-0.05, 0) is 26.3 Å². The summed E-state index contributed by atoms with van der Waals surface area (Å²) in [5.74, 6) is 0.346. The van der Waals surface area contributed by atoms with Gasteiger partial charge in [-0.2, -0.15) is 0 Å². The molecule has 2 saturated heterocycles. The van der Waals surface area contributed by atoms with Crippen molar-refractivity contribution in [2.45, 2.75) is 19.8 Å². The largest absolute Gasteiger partial charge is 0.462 e. The first-order valence-electron chi connectivity index (χ1n) is 7.17. The van der Waals surface area contributed by atoms with Crippen LogP contribution < -0.4 is 10.2 Å². The van der Waals surface area contributed by atoms with Crippen molar-refractivity contribution < 1.29 is 9.53 Å². The Labute approximate surface area is 118 Å². The van der Waals surface area contributed by atoms with Crippen molar-refractivity contribution in [1.29, 1.82) is 0 Å². The molecule has 2 fully saturated rings. The molecule has 1 N–H and O–H groups in total. The smallest absolute Gasteiger partial charge is 0.341 e. The molecule has 0 aromatic carbocycles. The SMILES string of the molecule is CCOC(=O)c1cnc(N2CCC3(CCNC3)C2)nc1. The van der Waals surface area contributed by atoms with Crippen LogP contribution in [0.15, 0.2) is 12.4 Å². The van der Waals surface area contributed by atoms with E-state index < -0.39 is 0 Å². The molecule has 0 aliphatic carbocycles. The van der Waals surface area contributed by atoms with E-state index in [-0.39, 0.29) is 5.97 Å². The molecule has 3 rings (SSSR count). The molecule has 1 unspecified atom stereocenters. The molecule has 1 spiro atoms. The highest BCUT2D eigenvalue weighted by Crippen LogP contribution is 2.37. The molecule has 0 radical (unpaired) electrons. The van der Waals surface area contributed by atoms with Gasteiger partial charge in [-0.3, -0.25) is 0 Å². The van der Waals surface area contributed by atoms with Crippen molar-refractivity contribution >= 4 is 11.9 Å². The Morgan fingerprint density at radius 3 is 2.90 bits per heavy atom. The average molecular weight is 276 g/mol. The van der Waals surface area contributed by atoms with Gasteiger partial charge in [0, 0.05) is 37.4 Å². The van der Waals surface area contributed by atoms with Gasteiger partial charge in [0.2, 0.25) is 5.95 Å². The summed E-state index contributed by atoms with van der Waals surface area (Å²) in [6.07, 6.45) is 5.52. The quantitative estimate of drug-likeness (QED) is 0.825. The molecule has 0 bridgehead atoms. The molecule has 0 amide bonds. The van der Waals surface area contributed by atoms with Crippen molar-refractivity contribution in [3.63, 3.8) is 0 Å². The second-order valence-electron chi connectivity index (χ2n) is 5.59. The predicted molar refractivity (Wildman–Crippen MR) is 74.7 cm³/mol. The fourth-order valence-corrected chi connectivity index (χ4v) is 3.05. The minimum atomic E-state index is -0.364. The zero-order valence-electron chi connectivity index (χ0n) is 11.8. The monoisotopic (exact) mass is 276 g/mol. The van der Waals surface area contributed by atoms with E-state index in [1.54, 1.807) is 19.3 Å². The van der Waals surface area contributed by atoms with Crippen LogP contribution >= 0.6 is 0 Å². The summed E-state index contributed by atoms with van der Waals surface area (Å²) in [6, 6.07) is 0. The Bertz CT molecular complexity index is 482. The molecule has 6 nitrogen and oxygen atoms in total. The number of nitrogens with one attached hydrogen (secondary N) is 1. The standard InChI is InChI=1S/C14H20N4O2/c1-2-20-12(19)11-7-16-13(17-8-11)18-6-4-14(10-18)3-5-15-9-14/h7-8,15H,2-6,9-10H2,1H3. The molecular weight excluding hydrogens is 256 g/mol. The maximum Gasteiger partial charge on any atom is 0.341 e. The number of hydrogen-bond acceptors (Lipinski definition) is 6. The lowest BCUT2D eigenvalue weighted by Crippen LogP contribution is -2.30. The Morgan fingerprint density at radius 1 is 1.45 bits per heavy atom. The van der Waals surface area contributed by atoms with E-state index in [0.717, 1.165) is 26.2 Å². The maximum atomic E-state index is 11.6. The van der Waals surface area contributed by atoms with Gasteiger partial charge >= 0.3 is 5.97 Å². The Hall–Kier alpha value is -1.69. The van der Waals surface area contributed by atoms with Gasteiger partial charge < -0.3 is 15.0 Å². The van der Waals surface area contributed by atoms with Crippen molar-refractivity contribution in [3.05, 3.63) is 18.0 Å². The van der Waals surface area contributed by atoms with Crippen LogP contribution in [0.25, 0.3) is 0 Å². The van der Waals surface area contributed by atoms with E-state index in [1.165, 1.54) is 12.8 Å². The van der Waals surface area contributed by atoms with Gasteiger partial charge in [0.15, 0.2) is 0 Å². The molecule has 6 heteroatoms. The lowest BCUT2D eigenvalue weighted by molar-refractivity contribution is 0.0525. The lowest BCUT2D eigenvalue weighted by Gasteiger charge is -2.22. The molecule has 1 atom stereocenters. The molecule has 108 valence electrons. The van der Waals surface area contributed by atoms with Crippen LogP contribution in [-0.2, 0) is 4.74 Å². The minimum Gasteiger partial charge on any atom is -0.462 e. The van der Waals surface area contributed by atoms with E-state index in [2.05, 4.69) is 20.2 Å². The van der Waals surface area contributed by atoms with Gasteiger partial charge in [0.1, 0.15) is 0 Å². The summed E-state index contributed by atoms with van der Waals surface area (Å²) < 4.78 is 4.93. The zero-order chi connectivity index (χ0) is 14.0. The number of hydrogen-bond donors (Lipinski definition) is 1. The topological polar surface area (TPSA) is 67.3 Å². The second kappa shape index (κ2) is 5.36. The van der Waals surface area contributed by atoms with Gasteiger partial charge in [0.05, 0.1) is 12.2 Å². The van der Waals surface area contributed by atoms with Crippen molar-refractivity contribution in [1.82, 2.24) is 15.3 Å². The van der Waals surface area contributed by atoms with Crippen LogP contribution in [0.4, 0.5) is 5.95 Å². The van der Waals surface area contributed by atoms with Crippen LogP contribution in [0.1, 0.15) is 30.1 Å². The summed E-state index contributed by atoms with van der Waals surface area (Å²) in [7, 11) is 0. The lowest BCUT2D eigenvalue weighted by atomic mass is 9.87. The highest BCUT2D eigenvalue weighted by Gasteiger charge is 2.41. The molecule has 1 aromatic heterocycles. The Balaban J connectivity index is 1.68. The normalized spacial score (nSPS) is 25.4.